The van der Waals surface area contributed by atoms with Crippen molar-refractivity contribution in [3.8, 4) is 0 Å². The highest BCUT2D eigenvalue weighted by Crippen LogP contribution is 2.34. The lowest BCUT2D eigenvalue weighted by atomic mass is 10.2. The fourth-order valence-corrected chi connectivity index (χ4v) is 3.45. The summed E-state index contributed by atoms with van der Waals surface area (Å²) in [6.07, 6.45) is 1.00. The summed E-state index contributed by atoms with van der Waals surface area (Å²) in [7, 11) is 0. The first-order valence-corrected chi connectivity index (χ1v) is 8.70. The van der Waals surface area contributed by atoms with E-state index in [1.54, 1.807) is 17.8 Å². The number of hydrogen-bond donors (Lipinski definition) is 1. The number of nitrogens with one attached hydrogen (secondary N) is 1. The molecule has 0 amide bonds. The van der Waals surface area contributed by atoms with Gasteiger partial charge in [-0.25, -0.2) is 4.98 Å². The molecule has 0 aliphatic rings. The zero-order chi connectivity index (χ0) is 15.2. The SMILES string of the molecule is CCCNc1nc(SCc2ccccc2Cl)c(Cl)cc1Cl. The maximum absolute atomic E-state index is 6.21. The summed E-state index contributed by atoms with van der Waals surface area (Å²) >= 11 is 20.1. The largest absolute Gasteiger partial charge is 0.369 e. The van der Waals surface area contributed by atoms with Gasteiger partial charge in [0.1, 0.15) is 10.8 Å². The Kier molecular flexibility index (Phi) is 6.49. The van der Waals surface area contributed by atoms with Gasteiger partial charge in [0, 0.05) is 17.3 Å². The first kappa shape index (κ1) is 16.8. The van der Waals surface area contributed by atoms with Crippen molar-refractivity contribution in [1.29, 1.82) is 0 Å². The van der Waals surface area contributed by atoms with E-state index in [0.717, 1.165) is 28.6 Å². The van der Waals surface area contributed by atoms with E-state index >= 15 is 0 Å². The Morgan fingerprint density at radius 3 is 2.57 bits per heavy atom. The molecule has 0 unspecified atom stereocenters. The Hall–Kier alpha value is -0.610. The van der Waals surface area contributed by atoms with E-state index in [1.165, 1.54) is 0 Å². The van der Waals surface area contributed by atoms with Gasteiger partial charge in [-0.05, 0) is 24.1 Å². The summed E-state index contributed by atoms with van der Waals surface area (Å²) < 4.78 is 0. The number of hydrogen-bond acceptors (Lipinski definition) is 3. The van der Waals surface area contributed by atoms with Crippen LogP contribution in [-0.4, -0.2) is 11.5 Å². The van der Waals surface area contributed by atoms with Gasteiger partial charge >= 0.3 is 0 Å². The van der Waals surface area contributed by atoms with Crippen LogP contribution in [0.4, 0.5) is 5.82 Å². The molecule has 2 aromatic rings. The zero-order valence-corrected chi connectivity index (χ0v) is 14.6. The van der Waals surface area contributed by atoms with Crippen LogP contribution in [-0.2, 0) is 5.75 Å². The van der Waals surface area contributed by atoms with E-state index in [4.69, 9.17) is 34.8 Å². The molecule has 0 radical (unpaired) electrons. The summed E-state index contributed by atoms with van der Waals surface area (Å²) in [5.41, 5.74) is 1.06. The summed E-state index contributed by atoms with van der Waals surface area (Å²) in [5, 5.41) is 5.79. The monoisotopic (exact) mass is 360 g/mol. The fraction of sp³-hybridized carbons (Fsp3) is 0.267. The van der Waals surface area contributed by atoms with Crippen molar-refractivity contribution in [2.75, 3.05) is 11.9 Å². The second-order valence-electron chi connectivity index (χ2n) is 4.41. The van der Waals surface area contributed by atoms with Gasteiger partial charge in [0.2, 0.25) is 0 Å². The minimum Gasteiger partial charge on any atom is -0.369 e. The standard InChI is InChI=1S/C15H15Cl3N2S/c1-2-7-19-14-12(17)8-13(18)15(20-14)21-9-10-5-3-4-6-11(10)16/h3-6,8H,2,7,9H2,1H3,(H,19,20). The maximum atomic E-state index is 6.21. The number of rotatable bonds is 6. The molecule has 1 N–H and O–H groups in total. The quantitative estimate of drug-likeness (QED) is 0.624. The van der Waals surface area contributed by atoms with Gasteiger partial charge in [0.05, 0.1) is 10.0 Å². The number of halogens is 3. The van der Waals surface area contributed by atoms with Crippen molar-refractivity contribution in [2.45, 2.75) is 24.1 Å². The molecule has 0 saturated heterocycles. The van der Waals surface area contributed by atoms with Gasteiger partial charge < -0.3 is 5.32 Å². The second kappa shape index (κ2) is 8.14. The molecule has 0 aliphatic heterocycles. The Balaban J connectivity index is 2.14. The molecule has 0 bridgehead atoms. The minimum absolute atomic E-state index is 0.538. The molecule has 2 nitrogen and oxygen atoms in total. The lowest BCUT2D eigenvalue weighted by Crippen LogP contribution is -2.03. The highest BCUT2D eigenvalue weighted by atomic mass is 35.5. The van der Waals surface area contributed by atoms with Crippen molar-refractivity contribution >= 4 is 52.4 Å². The predicted octanol–water partition coefficient (Wildman–Crippen LogP) is 6.16. The summed E-state index contributed by atoms with van der Waals surface area (Å²) in [5.74, 6) is 1.38. The van der Waals surface area contributed by atoms with Crippen LogP contribution >= 0.6 is 46.6 Å². The first-order valence-electron chi connectivity index (χ1n) is 6.58. The molecule has 112 valence electrons. The van der Waals surface area contributed by atoms with Gasteiger partial charge in [0.25, 0.3) is 0 Å². The highest BCUT2D eigenvalue weighted by Gasteiger charge is 2.10. The molecule has 1 aromatic carbocycles. The van der Waals surface area contributed by atoms with Gasteiger partial charge in [-0.3, -0.25) is 0 Å². The molecule has 0 saturated carbocycles. The highest BCUT2D eigenvalue weighted by molar-refractivity contribution is 7.98. The molecule has 21 heavy (non-hydrogen) atoms. The molecule has 0 aliphatic carbocycles. The van der Waals surface area contributed by atoms with Crippen LogP contribution in [0.2, 0.25) is 15.1 Å². The van der Waals surface area contributed by atoms with Crippen molar-refractivity contribution in [2.24, 2.45) is 0 Å². The number of anilines is 1. The van der Waals surface area contributed by atoms with Gasteiger partial charge in [-0.1, -0.05) is 59.9 Å². The molecule has 2 rings (SSSR count). The fourth-order valence-electron chi connectivity index (χ4n) is 1.68. The number of thioether (sulfide) groups is 1. The smallest absolute Gasteiger partial charge is 0.146 e. The van der Waals surface area contributed by atoms with Crippen LogP contribution in [0.15, 0.2) is 35.4 Å². The molecule has 0 fully saturated rings. The normalized spacial score (nSPS) is 10.7. The average Bonchev–Trinajstić information content (AvgIpc) is 2.47. The lowest BCUT2D eigenvalue weighted by Gasteiger charge is -2.10. The molecule has 1 aromatic heterocycles. The predicted molar refractivity (Wildman–Crippen MR) is 94.1 cm³/mol. The first-order chi connectivity index (χ1) is 10.1. The number of pyridine rings is 1. The van der Waals surface area contributed by atoms with E-state index in [-0.39, 0.29) is 0 Å². The van der Waals surface area contributed by atoms with E-state index in [9.17, 15) is 0 Å². The Morgan fingerprint density at radius 2 is 1.86 bits per heavy atom. The van der Waals surface area contributed by atoms with Gasteiger partial charge in [-0.2, -0.15) is 0 Å². The summed E-state index contributed by atoms with van der Waals surface area (Å²) in [4.78, 5) is 4.50. The van der Waals surface area contributed by atoms with E-state index in [0.29, 0.717) is 21.6 Å². The molecule has 0 spiro atoms. The van der Waals surface area contributed by atoms with Crippen LogP contribution in [0.1, 0.15) is 18.9 Å². The molecular formula is C15H15Cl3N2S. The number of benzene rings is 1. The van der Waals surface area contributed by atoms with Gasteiger partial charge in [-0.15, -0.1) is 11.8 Å². The average molecular weight is 362 g/mol. The Bertz CT molecular complexity index is 620. The minimum atomic E-state index is 0.538. The van der Waals surface area contributed by atoms with E-state index in [1.807, 2.05) is 24.3 Å². The van der Waals surface area contributed by atoms with Gasteiger partial charge in [0.15, 0.2) is 0 Å². The Labute approximate surface area is 144 Å². The number of nitrogens with zero attached hydrogens (tertiary/aromatic N) is 1. The van der Waals surface area contributed by atoms with Crippen molar-refractivity contribution < 1.29 is 0 Å². The summed E-state index contributed by atoms with van der Waals surface area (Å²) in [6.45, 7) is 2.91. The van der Waals surface area contributed by atoms with Crippen molar-refractivity contribution in [1.82, 2.24) is 4.98 Å². The van der Waals surface area contributed by atoms with E-state index < -0.39 is 0 Å². The molecule has 6 heteroatoms. The third-order valence-corrected chi connectivity index (χ3v) is 4.86. The lowest BCUT2D eigenvalue weighted by molar-refractivity contribution is 0.960. The molecular weight excluding hydrogens is 347 g/mol. The van der Waals surface area contributed by atoms with Crippen LogP contribution in [0.25, 0.3) is 0 Å². The second-order valence-corrected chi connectivity index (χ2v) is 6.60. The third kappa shape index (κ3) is 4.68. The number of aromatic nitrogens is 1. The summed E-state index contributed by atoms with van der Waals surface area (Å²) in [6, 6.07) is 9.48. The molecule has 1 heterocycles. The van der Waals surface area contributed by atoms with Crippen molar-refractivity contribution in [3.63, 3.8) is 0 Å². The third-order valence-electron chi connectivity index (χ3n) is 2.76. The topological polar surface area (TPSA) is 24.9 Å². The molecule has 0 atom stereocenters. The van der Waals surface area contributed by atoms with Crippen LogP contribution in [0, 0.1) is 0 Å². The zero-order valence-electron chi connectivity index (χ0n) is 11.5. The van der Waals surface area contributed by atoms with Crippen molar-refractivity contribution in [3.05, 3.63) is 51.0 Å². The van der Waals surface area contributed by atoms with E-state index in [2.05, 4.69) is 17.2 Å². The Morgan fingerprint density at radius 1 is 1.10 bits per heavy atom. The van der Waals surface area contributed by atoms with Crippen LogP contribution in [0.3, 0.4) is 0 Å². The maximum Gasteiger partial charge on any atom is 0.146 e. The van der Waals surface area contributed by atoms with Crippen LogP contribution in [0.5, 0.6) is 0 Å². The van der Waals surface area contributed by atoms with Crippen LogP contribution < -0.4 is 5.32 Å².